The number of aromatic carboxylic acids is 1. The van der Waals surface area contributed by atoms with Crippen molar-refractivity contribution in [3.05, 3.63) is 50.1 Å². The van der Waals surface area contributed by atoms with Crippen LogP contribution in [0.25, 0.3) is 0 Å². The molecule has 0 aliphatic carbocycles. The van der Waals surface area contributed by atoms with Crippen LogP contribution < -0.4 is 4.74 Å². The highest BCUT2D eigenvalue weighted by atomic mass is 79.9. The van der Waals surface area contributed by atoms with Gasteiger partial charge in [-0.05, 0) is 30.3 Å². The van der Waals surface area contributed by atoms with Gasteiger partial charge in [0.2, 0.25) is 0 Å². The van der Waals surface area contributed by atoms with Gasteiger partial charge in [-0.15, -0.1) is 11.3 Å². The number of benzene rings is 1. The number of hydrogen-bond donors (Lipinski definition) is 1. The largest absolute Gasteiger partial charge is 0.487 e. The van der Waals surface area contributed by atoms with Crippen molar-refractivity contribution in [2.75, 3.05) is 0 Å². The number of nitriles is 1. The van der Waals surface area contributed by atoms with Crippen molar-refractivity contribution in [3.8, 4) is 11.8 Å². The molecule has 0 bridgehead atoms. The SMILES string of the molecule is N#Cc1cc(Br)ccc1OCc1ccc(C(=O)O)s1. The van der Waals surface area contributed by atoms with Gasteiger partial charge in [0.05, 0.1) is 5.56 Å². The number of carboxylic acids is 1. The van der Waals surface area contributed by atoms with Gasteiger partial charge in [0.1, 0.15) is 23.3 Å². The topological polar surface area (TPSA) is 70.3 Å². The van der Waals surface area contributed by atoms with Crippen LogP contribution in [0.2, 0.25) is 0 Å². The van der Waals surface area contributed by atoms with Crippen LogP contribution in [0, 0.1) is 11.3 Å². The average molecular weight is 338 g/mol. The van der Waals surface area contributed by atoms with E-state index >= 15 is 0 Å². The van der Waals surface area contributed by atoms with E-state index in [0.717, 1.165) is 20.7 Å². The Morgan fingerprint density at radius 2 is 2.21 bits per heavy atom. The summed E-state index contributed by atoms with van der Waals surface area (Å²) >= 11 is 4.44. The predicted octanol–water partition coefficient (Wildman–Crippen LogP) is 3.66. The normalized spacial score (nSPS) is 9.89. The van der Waals surface area contributed by atoms with E-state index in [2.05, 4.69) is 22.0 Å². The number of thiophene rings is 1. The minimum atomic E-state index is -0.947. The van der Waals surface area contributed by atoms with Crippen molar-refractivity contribution >= 4 is 33.2 Å². The van der Waals surface area contributed by atoms with Crippen molar-refractivity contribution in [1.82, 2.24) is 0 Å². The number of carboxylic acid groups (broad SMARTS) is 1. The third kappa shape index (κ3) is 3.34. The lowest BCUT2D eigenvalue weighted by Crippen LogP contribution is -1.95. The molecule has 96 valence electrons. The second-order valence-electron chi connectivity index (χ2n) is 3.61. The van der Waals surface area contributed by atoms with E-state index in [1.54, 1.807) is 30.3 Å². The maximum atomic E-state index is 10.7. The van der Waals surface area contributed by atoms with Gasteiger partial charge in [-0.1, -0.05) is 15.9 Å². The fourth-order valence-corrected chi connectivity index (χ4v) is 2.56. The molecule has 4 nitrogen and oxygen atoms in total. The molecule has 0 unspecified atom stereocenters. The van der Waals surface area contributed by atoms with E-state index in [1.807, 2.05) is 0 Å². The Morgan fingerprint density at radius 1 is 1.42 bits per heavy atom. The summed E-state index contributed by atoms with van der Waals surface area (Å²) in [6.45, 7) is 0.244. The lowest BCUT2D eigenvalue weighted by molar-refractivity contribution is 0.0702. The molecule has 0 atom stereocenters. The van der Waals surface area contributed by atoms with Gasteiger partial charge in [0.25, 0.3) is 0 Å². The standard InChI is InChI=1S/C13H8BrNO3S/c14-9-1-3-11(8(5-9)6-15)18-7-10-2-4-12(19-10)13(16)17/h1-5H,7H2,(H,16,17). The minimum Gasteiger partial charge on any atom is -0.487 e. The molecule has 0 spiro atoms. The Balaban J connectivity index is 2.10. The van der Waals surface area contributed by atoms with Crippen LogP contribution in [-0.4, -0.2) is 11.1 Å². The van der Waals surface area contributed by atoms with E-state index in [-0.39, 0.29) is 11.5 Å². The molecule has 0 amide bonds. The first-order valence-electron chi connectivity index (χ1n) is 5.24. The predicted molar refractivity (Wildman–Crippen MR) is 74.5 cm³/mol. The van der Waals surface area contributed by atoms with Crippen LogP contribution >= 0.6 is 27.3 Å². The van der Waals surface area contributed by atoms with Crippen molar-refractivity contribution in [2.45, 2.75) is 6.61 Å². The molecular formula is C13H8BrNO3S. The Morgan fingerprint density at radius 3 is 2.84 bits per heavy atom. The number of nitrogens with zero attached hydrogens (tertiary/aromatic N) is 1. The van der Waals surface area contributed by atoms with Gasteiger partial charge < -0.3 is 9.84 Å². The van der Waals surface area contributed by atoms with Crippen LogP contribution in [0.1, 0.15) is 20.1 Å². The molecular weight excluding hydrogens is 330 g/mol. The first-order chi connectivity index (χ1) is 9.10. The number of ether oxygens (including phenoxy) is 1. The molecule has 0 saturated heterocycles. The average Bonchev–Trinajstić information content (AvgIpc) is 2.86. The molecule has 1 aromatic carbocycles. The van der Waals surface area contributed by atoms with Crippen molar-refractivity contribution in [3.63, 3.8) is 0 Å². The summed E-state index contributed by atoms with van der Waals surface area (Å²) in [6.07, 6.45) is 0. The maximum absolute atomic E-state index is 10.7. The second kappa shape index (κ2) is 5.87. The molecule has 2 rings (SSSR count). The van der Waals surface area contributed by atoms with Gasteiger partial charge >= 0.3 is 5.97 Å². The Kier molecular flexibility index (Phi) is 4.20. The van der Waals surface area contributed by atoms with E-state index < -0.39 is 5.97 Å². The van der Waals surface area contributed by atoms with E-state index in [9.17, 15) is 4.79 Å². The molecule has 0 radical (unpaired) electrons. The molecule has 19 heavy (non-hydrogen) atoms. The number of rotatable bonds is 4. The highest BCUT2D eigenvalue weighted by Crippen LogP contribution is 2.24. The zero-order valence-corrected chi connectivity index (χ0v) is 12.0. The summed E-state index contributed by atoms with van der Waals surface area (Å²) in [5.41, 5.74) is 0.435. The molecule has 0 fully saturated rings. The van der Waals surface area contributed by atoms with Crippen molar-refractivity contribution in [2.24, 2.45) is 0 Å². The lowest BCUT2D eigenvalue weighted by Gasteiger charge is -2.06. The smallest absolute Gasteiger partial charge is 0.345 e. The molecule has 0 saturated carbocycles. The molecule has 2 aromatic rings. The van der Waals surface area contributed by atoms with Crippen LogP contribution in [0.4, 0.5) is 0 Å². The Hall–Kier alpha value is -1.84. The summed E-state index contributed by atoms with van der Waals surface area (Å²) in [5.74, 6) is -0.464. The number of carbonyl (C=O) groups is 1. The highest BCUT2D eigenvalue weighted by molar-refractivity contribution is 9.10. The highest BCUT2D eigenvalue weighted by Gasteiger charge is 2.09. The minimum absolute atomic E-state index is 0.244. The monoisotopic (exact) mass is 337 g/mol. The van der Waals surface area contributed by atoms with Gasteiger partial charge in [0, 0.05) is 9.35 Å². The fraction of sp³-hybridized carbons (Fsp3) is 0.0769. The third-order valence-electron chi connectivity index (χ3n) is 2.30. The number of halogens is 1. The zero-order chi connectivity index (χ0) is 13.8. The van der Waals surface area contributed by atoms with Crippen LogP contribution in [0.15, 0.2) is 34.8 Å². The first kappa shape index (κ1) is 13.6. The molecule has 0 aliphatic heterocycles. The lowest BCUT2D eigenvalue weighted by atomic mass is 10.2. The molecule has 1 heterocycles. The second-order valence-corrected chi connectivity index (χ2v) is 5.70. The van der Waals surface area contributed by atoms with E-state index in [4.69, 9.17) is 15.1 Å². The first-order valence-corrected chi connectivity index (χ1v) is 6.85. The Labute approximate surface area is 122 Å². The zero-order valence-electron chi connectivity index (χ0n) is 9.59. The number of hydrogen-bond acceptors (Lipinski definition) is 4. The summed E-state index contributed by atoms with van der Waals surface area (Å²) in [4.78, 5) is 11.8. The summed E-state index contributed by atoms with van der Waals surface area (Å²) < 4.78 is 6.34. The summed E-state index contributed by atoms with van der Waals surface area (Å²) in [6, 6.07) is 10.5. The molecule has 1 N–H and O–H groups in total. The van der Waals surface area contributed by atoms with E-state index in [1.165, 1.54) is 0 Å². The fourth-order valence-electron chi connectivity index (χ4n) is 1.43. The molecule has 1 aromatic heterocycles. The van der Waals surface area contributed by atoms with Crippen LogP contribution in [0.3, 0.4) is 0 Å². The Bertz CT molecular complexity index is 660. The van der Waals surface area contributed by atoms with Crippen LogP contribution in [0.5, 0.6) is 5.75 Å². The quantitative estimate of drug-likeness (QED) is 0.924. The summed E-state index contributed by atoms with van der Waals surface area (Å²) in [5, 5.41) is 17.8. The van der Waals surface area contributed by atoms with Crippen molar-refractivity contribution < 1.29 is 14.6 Å². The maximum Gasteiger partial charge on any atom is 0.345 e. The van der Waals surface area contributed by atoms with E-state index in [0.29, 0.717) is 11.3 Å². The van der Waals surface area contributed by atoms with Gasteiger partial charge in [0.15, 0.2) is 0 Å². The van der Waals surface area contributed by atoms with Gasteiger partial charge in [-0.2, -0.15) is 5.26 Å². The van der Waals surface area contributed by atoms with Crippen molar-refractivity contribution in [1.29, 1.82) is 5.26 Å². The van der Waals surface area contributed by atoms with Gasteiger partial charge in [-0.3, -0.25) is 0 Å². The third-order valence-corrected chi connectivity index (χ3v) is 3.84. The molecule has 6 heteroatoms. The molecule has 0 aliphatic rings. The summed E-state index contributed by atoms with van der Waals surface area (Å²) in [7, 11) is 0. The van der Waals surface area contributed by atoms with Crippen LogP contribution in [-0.2, 0) is 6.61 Å². The van der Waals surface area contributed by atoms with Gasteiger partial charge in [-0.25, -0.2) is 4.79 Å².